The Morgan fingerprint density at radius 2 is 1.54 bits per heavy atom. The van der Waals surface area contributed by atoms with Crippen LogP contribution in [0.3, 0.4) is 0 Å². The number of nitrogens with zero attached hydrogens (tertiary/aromatic N) is 4. The monoisotopic (exact) mass is 555 g/mol. The van der Waals surface area contributed by atoms with Crippen LogP contribution in [0, 0.1) is 11.8 Å². The number of nitrogens with one attached hydrogen (secondary N) is 1. The Balaban J connectivity index is 1.44. The molecule has 13 heteroatoms. The maximum absolute atomic E-state index is 13.8. The first kappa shape index (κ1) is 27.1. The number of amides is 1. The van der Waals surface area contributed by atoms with E-state index >= 15 is 0 Å². The first-order chi connectivity index (χ1) is 18.1. The topological polar surface area (TPSA) is 71.8 Å². The number of halogens is 6. The highest BCUT2D eigenvalue weighted by Gasteiger charge is 2.45. The number of hydrogen-bond donors (Lipinski definition) is 1. The minimum Gasteiger partial charge on any atom is -0.444 e. The third-order valence-corrected chi connectivity index (χ3v) is 7.08. The van der Waals surface area contributed by atoms with Crippen LogP contribution < -0.4 is 5.32 Å². The normalized spacial score (nSPS) is 21.9. The summed E-state index contributed by atoms with van der Waals surface area (Å²) in [5.74, 6) is 0.0335. The van der Waals surface area contributed by atoms with Gasteiger partial charge in [0.25, 0.3) is 0 Å². The van der Waals surface area contributed by atoms with Crippen molar-refractivity contribution in [2.45, 2.75) is 57.6 Å². The first-order valence-electron chi connectivity index (χ1n) is 12.5. The maximum Gasteiger partial charge on any atom is 0.433 e. The second kappa shape index (κ2) is 9.30. The van der Waals surface area contributed by atoms with E-state index < -0.39 is 35.3 Å². The molecule has 1 aliphatic heterocycles. The number of ether oxygens (including phenoxy) is 1. The van der Waals surface area contributed by atoms with E-state index in [0.29, 0.717) is 17.6 Å². The van der Waals surface area contributed by atoms with E-state index in [4.69, 9.17) is 4.74 Å². The van der Waals surface area contributed by atoms with Gasteiger partial charge in [-0.3, -0.25) is 0 Å². The van der Waals surface area contributed by atoms with Crippen molar-refractivity contribution in [3.8, 4) is 11.1 Å². The summed E-state index contributed by atoms with van der Waals surface area (Å²) in [6, 6.07) is 5.98. The van der Waals surface area contributed by atoms with Crippen LogP contribution in [0.15, 0.2) is 36.4 Å². The van der Waals surface area contributed by atoms with Gasteiger partial charge in [0.2, 0.25) is 5.95 Å². The Hall–Kier alpha value is -3.51. The summed E-state index contributed by atoms with van der Waals surface area (Å²) >= 11 is 0. The van der Waals surface area contributed by atoms with Gasteiger partial charge >= 0.3 is 18.4 Å². The zero-order chi connectivity index (χ0) is 28.3. The molecule has 2 bridgehead atoms. The van der Waals surface area contributed by atoms with E-state index in [-0.39, 0.29) is 40.6 Å². The maximum atomic E-state index is 13.8. The number of carbonyl (C=O) groups is 1. The Morgan fingerprint density at radius 3 is 2.08 bits per heavy atom. The molecule has 1 N–H and O–H groups in total. The summed E-state index contributed by atoms with van der Waals surface area (Å²) < 4.78 is 86.6. The van der Waals surface area contributed by atoms with Crippen LogP contribution in [-0.4, -0.2) is 50.3 Å². The van der Waals surface area contributed by atoms with Crippen LogP contribution in [0.2, 0.25) is 0 Å². The molecule has 3 aromatic rings. The first-order valence-corrected chi connectivity index (χ1v) is 12.5. The SMILES string of the molecule is CC(C)(C)OC(=O)N1C[C@H]2CC[C@@H](C1)C2Nc1nc2c(-c3ccc(C(F)(F)F)cc3)ccc(C(F)(F)F)n2n1. The Labute approximate surface area is 220 Å². The zero-order valence-electron chi connectivity index (χ0n) is 21.4. The molecule has 3 heterocycles. The molecule has 1 amide bonds. The van der Waals surface area contributed by atoms with Crippen molar-refractivity contribution < 1.29 is 35.9 Å². The number of likely N-dealkylation sites (tertiary alicyclic amines) is 1. The summed E-state index contributed by atoms with van der Waals surface area (Å²) in [5, 5.41) is 7.29. The molecule has 2 fully saturated rings. The van der Waals surface area contributed by atoms with E-state index in [1.807, 2.05) is 0 Å². The highest BCUT2D eigenvalue weighted by molar-refractivity contribution is 5.78. The van der Waals surface area contributed by atoms with Gasteiger partial charge in [-0.2, -0.15) is 31.3 Å². The van der Waals surface area contributed by atoms with Crippen molar-refractivity contribution >= 4 is 17.7 Å². The number of fused-ring (bicyclic) bond motifs is 3. The number of benzene rings is 1. The third kappa shape index (κ3) is 5.48. The summed E-state index contributed by atoms with van der Waals surface area (Å²) in [7, 11) is 0. The average Bonchev–Trinajstić information content (AvgIpc) is 3.32. The Bertz CT molecular complexity index is 1360. The fourth-order valence-corrected chi connectivity index (χ4v) is 5.38. The van der Waals surface area contributed by atoms with Crippen LogP contribution in [0.25, 0.3) is 16.8 Å². The van der Waals surface area contributed by atoms with Crippen molar-refractivity contribution in [1.29, 1.82) is 0 Å². The number of hydrogen-bond acceptors (Lipinski definition) is 5. The molecule has 5 rings (SSSR count). The Morgan fingerprint density at radius 1 is 0.923 bits per heavy atom. The van der Waals surface area contributed by atoms with Gasteiger partial charge in [-0.15, -0.1) is 5.10 Å². The van der Waals surface area contributed by atoms with Crippen LogP contribution in [0.4, 0.5) is 37.1 Å². The van der Waals surface area contributed by atoms with Crippen LogP contribution in [0.5, 0.6) is 0 Å². The second-order valence-electron chi connectivity index (χ2n) is 11.0. The molecule has 2 aliphatic rings. The molecular weight excluding hydrogens is 528 g/mol. The van der Waals surface area contributed by atoms with Gasteiger partial charge in [0.05, 0.1) is 5.56 Å². The second-order valence-corrected chi connectivity index (χ2v) is 11.0. The van der Waals surface area contributed by atoms with Crippen molar-refractivity contribution in [1.82, 2.24) is 19.5 Å². The Kier molecular flexibility index (Phi) is 6.46. The van der Waals surface area contributed by atoms with Gasteiger partial charge in [-0.1, -0.05) is 12.1 Å². The van der Waals surface area contributed by atoms with E-state index in [0.717, 1.165) is 31.0 Å². The largest absolute Gasteiger partial charge is 0.444 e. The summed E-state index contributed by atoms with van der Waals surface area (Å²) in [5.41, 5.74) is -2.22. The van der Waals surface area contributed by atoms with E-state index in [1.165, 1.54) is 18.2 Å². The lowest BCUT2D eigenvalue weighted by molar-refractivity contribution is -0.142. The third-order valence-electron chi connectivity index (χ3n) is 7.08. The van der Waals surface area contributed by atoms with Crippen LogP contribution in [0.1, 0.15) is 44.9 Å². The van der Waals surface area contributed by atoms with Crippen molar-refractivity contribution in [3.05, 3.63) is 47.7 Å². The molecule has 2 aromatic heterocycles. The highest BCUT2D eigenvalue weighted by atomic mass is 19.4. The molecule has 210 valence electrons. The quantitative estimate of drug-likeness (QED) is 0.374. The number of anilines is 1. The number of rotatable bonds is 3. The predicted octanol–water partition coefficient (Wildman–Crippen LogP) is 6.49. The van der Waals surface area contributed by atoms with Crippen molar-refractivity contribution in [2.24, 2.45) is 11.8 Å². The highest BCUT2D eigenvalue weighted by Crippen LogP contribution is 2.40. The molecule has 1 saturated carbocycles. The number of carbonyl (C=O) groups excluding carboxylic acids is 1. The molecule has 0 radical (unpaired) electrons. The molecule has 1 saturated heterocycles. The lowest BCUT2D eigenvalue weighted by atomic mass is 9.92. The van der Waals surface area contributed by atoms with Gasteiger partial charge in [0, 0.05) is 24.7 Å². The predicted molar refractivity (Wildman–Crippen MR) is 130 cm³/mol. The fraction of sp³-hybridized carbons (Fsp3) is 0.500. The van der Waals surface area contributed by atoms with E-state index in [2.05, 4.69) is 15.4 Å². The molecule has 39 heavy (non-hydrogen) atoms. The molecule has 1 unspecified atom stereocenters. The minimum absolute atomic E-state index is 0.0209. The number of piperidine rings is 1. The smallest absolute Gasteiger partial charge is 0.433 e. The lowest BCUT2D eigenvalue weighted by Crippen LogP contribution is -2.51. The molecule has 7 nitrogen and oxygen atoms in total. The van der Waals surface area contributed by atoms with Gasteiger partial charge in [-0.25, -0.2) is 9.31 Å². The molecule has 1 aliphatic carbocycles. The van der Waals surface area contributed by atoms with Crippen molar-refractivity contribution in [2.75, 3.05) is 18.4 Å². The molecular formula is C26H27F6N5O2. The molecule has 3 atom stereocenters. The van der Waals surface area contributed by atoms with Gasteiger partial charge < -0.3 is 15.0 Å². The van der Waals surface area contributed by atoms with E-state index in [9.17, 15) is 31.1 Å². The number of aromatic nitrogens is 3. The average molecular weight is 556 g/mol. The van der Waals surface area contributed by atoms with Crippen molar-refractivity contribution in [3.63, 3.8) is 0 Å². The van der Waals surface area contributed by atoms with Gasteiger partial charge in [-0.05, 0) is 75.3 Å². The summed E-state index contributed by atoms with van der Waals surface area (Å²) in [6.45, 7) is 6.23. The van der Waals surface area contributed by atoms with E-state index in [1.54, 1.807) is 25.7 Å². The molecule has 0 spiro atoms. The number of alkyl halides is 6. The van der Waals surface area contributed by atoms with Crippen LogP contribution >= 0.6 is 0 Å². The number of pyridine rings is 1. The standard InChI is InChI=1S/C26H27F6N5O2/c1-24(2,3)39-23(38)36-12-15-4-5-16(13-36)20(15)33-22-34-21-18(10-11-19(26(30,31)32)37(21)35-22)14-6-8-17(9-7-14)25(27,28)29/h6-11,15-16,20H,4-5,12-13H2,1-3H3,(H,33,35)/t15-,16+,20?. The summed E-state index contributed by atoms with van der Waals surface area (Å²) in [4.78, 5) is 18.6. The zero-order valence-corrected chi connectivity index (χ0v) is 21.4. The van der Waals surface area contributed by atoms with Gasteiger partial charge in [0.15, 0.2) is 5.65 Å². The fourth-order valence-electron chi connectivity index (χ4n) is 5.38. The summed E-state index contributed by atoms with van der Waals surface area (Å²) in [6.07, 6.45) is -8.04. The minimum atomic E-state index is -4.74. The lowest BCUT2D eigenvalue weighted by Gasteiger charge is -2.38. The molecule has 1 aromatic carbocycles. The van der Waals surface area contributed by atoms with Crippen LogP contribution in [-0.2, 0) is 17.1 Å². The van der Waals surface area contributed by atoms with Gasteiger partial charge in [0.1, 0.15) is 11.3 Å².